The highest BCUT2D eigenvalue weighted by atomic mass is 35.5. The Morgan fingerprint density at radius 1 is 1.00 bits per heavy atom. The summed E-state index contributed by atoms with van der Waals surface area (Å²) in [7, 11) is 0. The number of halogens is 1. The van der Waals surface area contributed by atoms with E-state index in [0.717, 1.165) is 19.7 Å². The quantitative estimate of drug-likeness (QED) is 0.654. The lowest BCUT2D eigenvalue weighted by Crippen LogP contribution is -2.49. The number of ether oxygens (including phenoxy) is 1. The van der Waals surface area contributed by atoms with E-state index >= 15 is 0 Å². The Kier molecular flexibility index (Phi) is 4.50. The zero-order chi connectivity index (χ0) is 8.28. The maximum absolute atomic E-state index is 5.92. The summed E-state index contributed by atoms with van der Waals surface area (Å²) >= 11 is 0. The van der Waals surface area contributed by atoms with E-state index in [-0.39, 0.29) is 18.0 Å². The minimum atomic E-state index is 0. The molecular weight excluding hydrogens is 186 g/mol. The highest BCUT2D eigenvalue weighted by molar-refractivity contribution is 5.85. The van der Waals surface area contributed by atoms with Crippen molar-refractivity contribution in [1.29, 1.82) is 0 Å². The first-order chi connectivity index (χ1) is 5.91. The van der Waals surface area contributed by atoms with Crippen LogP contribution in [0.5, 0.6) is 0 Å². The molecule has 1 aliphatic carbocycles. The molecule has 1 heterocycles. The number of hydrogen-bond donors (Lipinski definition) is 1. The fraction of sp³-hybridized carbons (Fsp3) is 1.00. The van der Waals surface area contributed by atoms with Crippen molar-refractivity contribution in [2.45, 2.75) is 44.1 Å². The second-order valence-corrected chi connectivity index (χ2v) is 4.12. The molecule has 1 N–H and O–H groups in total. The van der Waals surface area contributed by atoms with E-state index in [2.05, 4.69) is 5.32 Å². The largest absolute Gasteiger partial charge is 0.372 e. The monoisotopic (exact) mass is 205 g/mol. The topological polar surface area (TPSA) is 21.3 Å². The smallest absolute Gasteiger partial charge is 0.0806 e. The molecule has 0 aromatic rings. The lowest BCUT2D eigenvalue weighted by Gasteiger charge is -2.37. The van der Waals surface area contributed by atoms with Crippen molar-refractivity contribution in [3.63, 3.8) is 0 Å². The van der Waals surface area contributed by atoms with Gasteiger partial charge in [0, 0.05) is 13.1 Å². The van der Waals surface area contributed by atoms with Crippen molar-refractivity contribution < 1.29 is 4.74 Å². The Balaban J connectivity index is 0.000000845. The molecule has 3 heteroatoms. The molecule has 13 heavy (non-hydrogen) atoms. The second kappa shape index (κ2) is 5.18. The Bertz CT molecular complexity index is 136. The van der Waals surface area contributed by atoms with Gasteiger partial charge in [-0.3, -0.25) is 0 Å². The van der Waals surface area contributed by atoms with Crippen molar-refractivity contribution in [2.24, 2.45) is 0 Å². The van der Waals surface area contributed by atoms with Crippen LogP contribution in [0.25, 0.3) is 0 Å². The lowest BCUT2D eigenvalue weighted by atomic mass is 9.93. The third-order valence-corrected chi connectivity index (χ3v) is 3.15. The van der Waals surface area contributed by atoms with E-state index in [1.165, 1.54) is 38.5 Å². The van der Waals surface area contributed by atoms with Gasteiger partial charge in [-0.25, -0.2) is 0 Å². The van der Waals surface area contributed by atoms with Crippen LogP contribution in [-0.4, -0.2) is 25.3 Å². The molecule has 1 aliphatic heterocycles. The van der Waals surface area contributed by atoms with Gasteiger partial charge in [0.05, 0.1) is 12.2 Å². The summed E-state index contributed by atoms with van der Waals surface area (Å²) in [5, 5.41) is 3.45. The van der Waals surface area contributed by atoms with E-state index in [0.29, 0.717) is 0 Å². The summed E-state index contributed by atoms with van der Waals surface area (Å²) in [5.74, 6) is 0. The van der Waals surface area contributed by atoms with Gasteiger partial charge < -0.3 is 10.1 Å². The van der Waals surface area contributed by atoms with E-state index in [4.69, 9.17) is 4.74 Å². The summed E-state index contributed by atoms with van der Waals surface area (Å²) in [6.45, 7) is 3.05. The third-order valence-electron chi connectivity index (χ3n) is 3.15. The Morgan fingerprint density at radius 2 is 1.69 bits per heavy atom. The van der Waals surface area contributed by atoms with Crippen molar-refractivity contribution in [2.75, 3.05) is 19.7 Å². The molecule has 78 valence electrons. The van der Waals surface area contributed by atoms with E-state index < -0.39 is 0 Å². The minimum Gasteiger partial charge on any atom is -0.372 e. The molecular formula is C10H20ClNO. The van der Waals surface area contributed by atoms with Crippen LogP contribution in [0.1, 0.15) is 38.5 Å². The number of hydrogen-bond acceptors (Lipinski definition) is 2. The summed E-state index contributed by atoms with van der Waals surface area (Å²) in [6, 6.07) is 0. The summed E-state index contributed by atoms with van der Waals surface area (Å²) in [4.78, 5) is 0. The molecule has 0 bridgehead atoms. The normalized spacial score (nSPS) is 27.7. The standard InChI is InChI=1S/C10H19NO.ClH/c1-2-4-6-10(5-3-1)9-11-7-8-12-10;/h11H,1-9H2;1H. The molecule has 2 aliphatic rings. The third kappa shape index (κ3) is 2.83. The van der Waals surface area contributed by atoms with Crippen molar-refractivity contribution in [3.8, 4) is 0 Å². The molecule has 2 nitrogen and oxygen atoms in total. The van der Waals surface area contributed by atoms with Crippen molar-refractivity contribution in [1.82, 2.24) is 5.32 Å². The van der Waals surface area contributed by atoms with Crippen LogP contribution in [0.4, 0.5) is 0 Å². The van der Waals surface area contributed by atoms with Crippen molar-refractivity contribution >= 4 is 12.4 Å². The van der Waals surface area contributed by atoms with Gasteiger partial charge in [-0.05, 0) is 12.8 Å². The van der Waals surface area contributed by atoms with Gasteiger partial charge in [-0.15, -0.1) is 12.4 Å². The first kappa shape index (κ1) is 11.3. The van der Waals surface area contributed by atoms with Crippen molar-refractivity contribution in [3.05, 3.63) is 0 Å². The van der Waals surface area contributed by atoms with Gasteiger partial charge in [-0.1, -0.05) is 25.7 Å². The molecule has 2 rings (SSSR count). The maximum atomic E-state index is 5.92. The van der Waals surface area contributed by atoms with Crippen LogP contribution in [0.3, 0.4) is 0 Å². The highest BCUT2D eigenvalue weighted by Gasteiger charge is 2.33. The van der Waals surface area contributed by atoms with Crippen LogP contribution in [0, 0.1) is 0 Å². The Morgan fingerprint density at radius 3 is 2.23 bits per heavy atom. The molecule has 0 aromatic carbocycles. The molecule has 1 spiro atoms. The first-order valence-corrected chi connectivity index (χ1v) is 5.26. The van der Waals surface area contributed by atoms with Crippen LogP contribution < -0.4 is 5.32 Å². The molecule has 1 saturated heterocycles. The molecule has 0 aromatic heterocycles. The van der Waals surface area contributed by atoms with E-state index in [1.54, 1.807) is 0 Å². The average molecular weight is 206 g/mol. The molecule has 0 unspecified atom stereocenters. The molecule has 0 atom stereocenters. The zero-order valence-corrected chi connectivity index (χ0v) is 9.00. The van der Waals surface area contributed by atoms with Crippen LogP contribution in [0.15, 0.2) is 0 Å². The second-order valence-electron chi connectivity index (χ2n) is 4.12. The van der Waals surface area contributed by atoms with Gasteiger partial charge in [0.2, 0.25) is 0 Å². The molecule has 0 amide bonds. The zero-order valence-electron chi connectivity index (χ0n) is 8.18. The van der Waals surface area contributed by atoms with Gasteiger partial charge in [0.25, 0.3) is 0 Å². The van der Waals surface area contributed by atoms with Gasteiger partial charge in [0.1, 0.15) is 0 Å². The number of nitrogens with one attached hydrogen (secondary N) is 1. The van der Waals surface area contributed by atoms with Gasteiger partial charge >= 0.3 is 0 Å². The lowest BCUT2D eigenvalue weighted by molar-refractivity contribution is -0.0750. The minimum absolute atomic E-state index is 0. The van der Waals surface area contributed by atoms with Crippen LogP contribution in [-0.2, 0) is 4.74 Å². The predicted molar refractivity (Wildman–Crippen MR) is 56.5 cm³/mol. The molecule has 1 saturated carbocycles. The summed E-state index contributed by atoms with van der Waals surface area (Å²) in [5.41, 5.74) is 0.231. The summed E-state index contributed by atoms with van der Waals surface area (Å²) < 4.78 is 5.92. The highest BCUT2D eigenvalue weighted by Crippen LogP contribution is 2.30. The average Bonchev–Trinajstić information content (AvgIpc) is 2.33. The summed E-state index contributed by atoms with van der Waals surface area (Å²) in [6.07, 6.45) is 8.10. The fourth-order valence-electron chi connectivity index (χ4n) is 2.40. The van der Waals surface area contributed by atoms with E-state index in [1.807, 2.05) is 0 Å². The number of rotatable bonds is 0. The Hall–Kier alpha value is 0.210. The Labute approximate surface area is 86.8 Å². The van der Waals surface area contributed by atoms with Crippen LogP contribution in [0.2, 0.25) is 0 Å². The predicted octanol–water partition coefficient (Wildman–Crippen LogP) is 2.12. The molecule has 0 radical (unpaired) electrons. The first-order valence-electron chi connectivity index (χ1n) is 5.26. The maximum Gasteiger partial charge on any atom is 0.0806 e. The SMILES string of the molecule is C1CCCC2(CC1)CNCCO2.Cl. The number of morpholine rings is 1. The molecule has 2 fully saturated rings. The van der Waals surface area contributed by atoms with E-state index in [9.17, 15) is 0 Å². The van der Waals surface area contributed by atoms with Gasteiger partial charge in [0.15, 0.2) is 0 Å². The van der Waals surface area contributed by atoms with Gasteiger partial charge in [-0.2, -0.15) is 0 Å². The van der Waals surface area contributed by atoms with Crippen LogP contribution >= 0.6 is 12.4 Å². The fourth-order valence-corrected chi connectivity index (χ4v) is 2.40.